The monoisotopic (exact) mass is 419 g/mol. The van der Waals surface area contributed by atoms with Gasteiger partial charge < -0.3 is 4.90 Å². The van der Waals surface area contributed by atoms with E-state index in [4.69, 9.17) is 12.2 Å². The van der Waals surface area contributed by atoms with E-state index in [1.54, 1.807) is 21.7 Å². The quantitative estimate of drug-likeness (QED) is 0.401. The molecule has 1 aliphatic heterocycles. The van der Waals surface area contributed by atoms with Crippen molar-refractivity contribution >= 4 is 46.0 Å². The molecule has 2 aliphatic rings. The average Bonchev–Trinajstić information content (AvgIpc) is 3.35. The van der Waals surface area contributed by atoms with E-state index < -0.39 is 0 Å². The van der Waals surface area contributed by atoms with Gasteiger partial charge in [0.05, 0.1) is 4.92 Å². The minimum Gasteiger partial charge on any atom is -0.349 e. The van der Waals surface area contributed by atoms with Gasteiger partial charge in [-0.1, -0.05) is 18.3 Å². The van der Waals surface area contributed by atoms with E-state index in [1.807, 2.05) is 6.92 Å². The highest BCUT2D eigenvalue weighted by Crippen LogP contribution is 2.36. The van der Waals surface area contributed by atoms with Crippen LogP contribution in [0.1, 0.15) is 38.7 Å². The van der Waals surface area contributed by atoms with Gasteiger partial charge in [0.25, 0.3) is 5.69 Å². The van der Waals surface area contributed by atoms with Crippen LogP contribution in [0.3, 0.4) is 0 Å². The van der Waals surface area contributed by atoms with E-state index in [9.17, 15) is 14.9 Å². The van der Waals surface area contributed by atoms with E-state index in [0.717, 1.165) is 30.5 Å². The van der Waals surface area contributed by atoms with Crippen molar-refractivity contribution in [1.82, 2.24) is 9.78 Å². The van der Waals surface area contributed by atoms with E-state index in [1.165, 1.54) is 17.4 Å². The molecule has 1 aliphatic carbocycles. The van der Waals surface area contributed by atoms with Crippen molar-refractivity contribution in [2.24, 2.45) is 0 Å². The largest absolute Gasteiger partial charge is 0.349 e. The zero-order chi connectivity index (χ0) is 20.0. The van der Waals surface area contributed by atoms with E-state index >= 15 is 0 Å². The molecule has 1 aromatic heterocycles. The van der Waals surface area contributed by atoms with Crippen LogP contribution in [0.15, 0.2) is 18.2 Å². The van der Waals surface area contributed by atoms with Crippen LogP contribution in [-0.4, -0.2) is 32.7 Å². The summed E-state index contributed by atoms with van der Waals surface area (Å²) >= 11 is 6.88. The highest BCUT2D eigenvalue weighted by atomic mass is 32.1. The molecule has 4 rings (SSSR count). The molecular formula is C18H21N5O3S2. The number of nitro benzene ring substituents is 1. The molecule has 0 unspecified atom stereocenters. The second-order valence-electron chi connectivity index (χ2n) is 7.23. The minimum absolute atomic E-state index is 0.0746. The van der Waals surface area contributed by atoms with Crippen LogP contribution in [0.4, 0.5) is 16.5 Å². The smallest absolute Gasteiger partial charge is 0.269 e. The number of carbonyl (C=O) groups excluding carboxylic acids is 1. The molecule has 0 saturated heterocycles. The van der Waals surface area contributed by atoms with Crippen LogP contribution in [-0.2, 0) is 17.9 Å². The molecule has 2 heterocycles. The lowest BCUT2D eigenvalue weighted by atomic mass is 10.1. The third kappa shape index (κ3) is 3.42. The number of fused-ring (bicyclic) bond motifs is 1. The van der Waals surface area contributed by atoms with Gasteiger partial charge in [-0.2, -0.15) is 0 Å². The number of anilines is 2. The summed E-state index contributed by atoms with van der Waals surface area (Å²) < 4.78 is 2.37. The first-order chi connectivity index (χ1) is 13.4. The SMILES string of the molecule is CCC(=O)N(c1nn(CN2c3ccc([N+](=O)[O-])cc3C[C@H]2C)c(=S)s1)C1CC1. The van der Waals surface area contributed by atoms with Crippen molar-refractivity contribution in [1.29, 1.82) is 0 Å². The fourth-order valence-corrected chi connectivity index (χ4v) is 4.78. The average molecular weight is 420 g/mol. The molecule has 8 nitrogen and oxygen atoms in total. The molecule has 1 atom stereocenters. The first-order valence-electron chi connectivity index (χ1n) is 9.33. The summed E-state index contributed by atoms with van der Waals surface area (Å²) in [5.41, 5.74) is 2.04. The van der Waals surface area contributed by atoms with Crippen LogP contribution in [0.5, 0.6) is 0 Å². The number of nitro groups is 1. The first-order valence-corrected chi connectivity index (χ1v) is 10.6. The molecule has 0 N–H and O–H groups in total. The van der Waals surface area contributed by atoms with Crippen molar-refractivity contribution in [3.63, 3.8) is 0 Å². The predicted octanol–water partition coefficient (Wildman–Crippen LogP) is 3.90. The van der Waals surface area contributed by atoms with Crippen LogP contribution in [0, 0.1) is 14.1 Å². The Hall–Kier alpha value is -2.33. The molecule has 0 bridgehead atoms. The molecule has 1 saturated carbocycles. The summed E-state index contributed by atoms with van der Waals surface area (Å²) in [5.74, 6) is 0.0746. The zero-order valence-electron chi connectivity index (χ0n) is 15.7. The van der Waals surface area contributed by atoms with E-state index in [-0.39, 0.29) is 28.6 Å². The first kappa shape index (κ1) is 19.0. The van der Waals surface area contributed by atoms with Gasteiger partial charge in [0.1, 0.15) is 6.67 Å². The highest BCUT2D eigenvalue weighted by Gasteiger charge is 2.35. The maximum absolute atomic E-state index is 12.3. The number of hydrogen-bond donors (Lipinski definition) is 0. The van der Waals surface area contributed by atoms with Crippen molar-refractivity contribution < 1.29 is 9.72 Å². The van der Waals surface area contributed by atoms with Gasteiger partial charge in [0, 0.05) is 36.3 Å². The molecule has 1 fully saturated rings. The standard InChI is InChI=1S/C18H21N5O3S2/c1-3-16(24)22(13-4-5-13)17-19-21(18(27)28-17)10-20-11(2)8-12-9-14(23(25)26)6-7-15(12)20/h6-7,9,11,13H,3-5,8,10H2,1-2H3/t11-/m1/s1. The number of rotatable bonds is 6. The lowest BCUT2D eigenvalue weighted by molar-refractivity contribution is -0.384. The second-order valence-corrected chi connectivity index (χ2v) is 8.83. The molecule has 2 aromatic rings. The summed E-state index contributed by atoms with van der Waals surface area (Å²) in [4.78, 5) is 27.0. The molecule has 10 heteroatoms. The van der Waals surface area contributed by atoms with Crippen molar-refractivity contribution in [2.45, 2.75) is 58.3 Å². The number of non-ortho nitro benzene ring substituents is 1. The van der Waals surface area contributed by atoms with Crippen LogP contribution < -0.4 is 9.80 Å². The Labute approximate surface area is 171 Å². The normalized spacial score (nSPS) is 18.2. The van der Waals surface area contributed by atoms with Gasteiger partial charge in [-0.15, -0.1) is 5.10 Å². The number of carbonyl (C=O) groups is 1. The second kappa shape index (κ2) is 7.25. The topological polar surface area (TPSA) is 84.5 Å². The molecule has 1 aromatic carbocycles. The molecule has 28 heavy (non-hydrogen) atoms. The fourth-order valence-electron chi connectivity index (χ4n) is 3.61. The van der Waals surface area contributed by atoms with Crippen molar-refractivity contribution in [3.05, 3.63) is 37.8 Å². The third-order valence-electron chi connectivity index (χ3n) is 5.20. The summed E-state index contributed by atoms with van der Waals surface area (Å²) in [6.07, 6.45) is 3.20. The predicted molar refractivity (Wildman–Crippen MR) is 110 cm³/mol. The molecule has 148 valence electrons. The Morgan fingerprint density at radius 3 is 2.86 bits per heavy atom. The summed E-state index contributed by atoms with van der Waals surface area (Å²) in [7, 11) is 0. The summed E-state index contributed by atoms with van der Waals surface area (Å²) in [5, 5.41) is 16.3. The van der Waals surface area contributed by atoms with Gasteiger partial charge in [0.15, 0.2) is 3.95 Å². The van der Waals surface area contributed by atoms with Gasteiger partial charge >= 0.3 is 0 Å². The maximum atomic E-state index is 12.3. The number of nitrogens with zero attached hydrogens (tertiary/aromatic N) is 5. The van der Waals surface area contributed by atoms with Gasteiger partial charge in [-0.3, -0.25) is 19.8 Å². The van der Waals surface area contributed by atoms with Crippen LogP contribution in [0.25, 0.3) is 0 Å². The molecule has 1 amide bonds. The van der Waals surface area contributed by atoms with Gasteiger partial charge in [-0.05, 0) is 50.0 Å². The van der Waals surface area contributed by atoms with Gasteiger partial charge in [-0.25, -0.2) is 4.68 Å². The van der Waals surface area contributed by atoms with Crippen molar-refractivity contribution in [3.8, 4) is 0 Å². The number of aromatic nitrogens is 2. The Balaban J connectivity index is 1.60. The lowest BCUT2D eigenvalue weighted by Crippen LogP contribution is -2.34. The molecule has 0 spiro atoms. The minimum atomic E-state index is -0.367. The lowest BCUT2D eigenvalue weighted by Gasteiger charge is -2.24. The summed E-state index contributed by atoms with van der Waals surface area (Å²) in [6, 6.07) is 5.40. The van der Waals surface area contributed by atoms with Crippen molar-refractivity contribution in [2.75, 3.05) is 9.80 Å². The maximum Gasteiger partial charge on any atom is 0.269 e. The molecular weight excluding hydrogens is 398 g/mol. The number of hydrogen-bond acceptors (Lipinski definition) is 7. The third-order valence-corrected chi connectivity index (χ3v) is 6.51. The highest BCUT2D eigenvalue weighted by molar-refractivity contribution is 7.73. The number of benzene rings is 1. The number of amides is 1. The van der Waals surface area contributed by atoms with Crippen LogP contribution in [0.2, 0.25) is 0 Å². The van der Waals surface area contributed by atoms with E-state index in [2.05, 4.69) is 16.9 Å². The summed E-state index contributed by atoms with van der Waals surface area (Å²) in [6.45, 7) is 4.40. The van der Waals surface area contributed by atoms with E-state index in [0.29, 0.717) is 22.2 Å². The Morgan fingerprint density at radius 1 is 1.46 bits per heavy atom. The fraction of sp³-hybridized carbons (Fsp3) is 0.500. The van der Waals surface area contributed by atoms with Crippen LogP contribution >= 0.6 is 23.6 Å². The zero-order valence-corrected chi connectivity index (χ0v) is 17.3. The Morgan fingerprint density at radius 2 is 2.21 bits per heavy atom. The van der Waals surface area contributed by atoms with Gasteiger partial charge in [0.2, 0.25) is 11.0 Å². The Bertz CT molecular complexity index is 997. The molecule has 0 radical (unpaired) electrons. The Kier molecular flexibility index (Phi) is 4.92.